The molecule has 1 saturated heterocycles. The second-order valence-electron chi connectivity index (χ2n) is 8.68. The summed E-state index contributed by atoms with van der Waals surface area (Å²) in [5.41, 5.74) is -0.743. The number of likely N-dealkylation sites (tertiary alicyclic amines) is 1. The van der Waals surface area contributed by atoms with Crippen LogP contribution < -0.4 is 10.6 Å². The molecule has 1 fully saturated rings. The number of carbonyl (C=O) groups is 1. The maximum Gasteiger partial charge on any atom is 0.416 e. The lowest BCUT2D eigenvalue weighted by molar-refractivity contribution is -0.138. The number of carbonyl (C=O) groups excluding carboxylic acids is 1. The quantitative estimate of drug-likeness (QED) is 0.439. The number of rotatable bonds is 8. The van der Waals surface area contributed by atoms with Gasteiger partial charge in [0, 0.05) is 40.7 Å². The molecule has 2 aromatic rings. The number of benzene rings is 2. The third-order valence-corrected chi connectivity index (χ3v) is 9.01. The lowest BCUT2D eigenvalue weighted by Gasteiger charge is -2.33. The molecular weight excluding hydrogens is 583 g/mol. The van der Waals surface area contributed by atoms with Crippen molar-refractivity contribution in [3.8, 4) is 0 Å². The summed E-state index contributed by atoms with van der Waals surface area (Å²) in [6.45, 7) is 2.69. The summed E-state index contributed by atoms with van der Waals surface area (Å²) in [5, 5.41) is 5.98. The number of halogens is 5. The van der Waals surface area contributed by atoms with Crippen LogP contribution in [0.3, 0.4) is 0 Å². The zero-order valence-electron chi connectivity index (χ0n) is 19.9. The van der Waals surface area contributed by atoms with Crippen LogP contribution in [0.2, 0.25) is 5.02 Å². The Kier molecular flexibility index (Phi) is 9.48. The second-order valence-corrected chi connectivity index (χ2v) is 12.2. The van der Waals surface area contributed by atoms with Gasteiger partial charge in [0.1, 0.15) is 0 Å². The molecule has 36 heavy (non-hydrogen) atoms. The number of alkyl halides is 3. The van der Waals surface area contributed by atoms with E-state index in [2.05, 4.69) is 26.6 Å². The van der Waals surface area contributed by atoms with Gasteiger partial charge in [0.25, 0.3) is 5.91 Å². The van der Waals surface area contributed by atoms with E-state index in [0.717, 1.165) is 18.9 Å². The van der Waals surface area contributed by atoms with Crippen molar-refractivity contribution in [2.75, 3.05) is 25.9 Å². The Bertz CT molecular complexity index is 1230. The van der Waals surface area contributed by atoms with Gasteiger partial charge in [-0.1, -0.05) is 34.5 Å². The Balaban J connectivity index is 1.87. The third kappa shape index (κ3) is 7.00. The number of nitrogens with zero attached hydrogens (tertiary/aromatic N) is 1. The van der Waals surface area contributed by atoms with Crippen LogP contribution in [0.1, 0.15) is 46.8 Å². The molecule has 0 aromatic heterocycles. The van der Waals surface area contributed by atoms with Crippen molar-refractivity contribution in [2.45, 2.75) is 50.0 Å². The van der Waals surface area contributed by atoms with E-state index in [1.165, 1.54) is 31.2 Å². The Morgan fingerprint density at radius 3 is 2.61 bits per heavy atom. The molecule has 6 nitrogen and oxygen atoms in total. The van der Waals surface area contributed by atoms with Crippen molar-refractivity contribution in [2.24, 2.45) is 0 Å². The molecule has 0 spiro atoms. The minimum absolute atomic E-state index is 0.0172. The summed E-state index contributed by atoms with van der Waals surface area (Å²) in [4.78, 5) is 14.8. The van der Waals surface area contributed by atoms with Gasteiger partial charge in [-0.3, -0.25) is 9.69 Å². The Hall–Kier alpha value is -1.66. The average molecular weight is 611 g/mol. The number of sulfone groups is 1. The first-order valence-electron chi connectivity index (χ1n) is 11.4. The highest BCUT2D eigenvalue weighted by atomic mass is 79.9. The fourth-order valence-electron chi connectivity index (χ4n) is 4.26. The van der Waals surface area contributed by atoms with Crippen LogP contribution in [-0.4, -0.2) is 51.2 Å². The van der Waals surface area contributed by atoms with Gasteiger partial charge < -0.3 is 10.6 Å². The van der Waals surface area contributed by atoms with Crippen molar-refractivity contribution >= 4 is 43.3 Å². The van der Waals surface area contributed by atoms with Crippen LogP contribution in [0.4, 0.5) is 13.2 Å². The van der Waals surface area contributed by atoms with Crippen molar-refractivity contribution in [3.05, 3.63) is 62.1 Å². The number of amides is 1. The molecule has 1 amide bonds. The molecule has 1 aliphatic heterocycles. The van der Waals surface area contributed by atoms with Crippen LogP contribution in [0.15, 0.2) is 39.7 Å². The molecule has 12 heteroatoms. The number of piperidine rings is 1. The van der Waals surface area contributed by atoms with Gasteiger partial charge in [-0.2, -0.15) is 13.2 Å². The van der Waals surface area contributed by atoms with Crippen LogP contribution in [-0.2, 0) is 29.1 Å². The van der Waals surface area contributed by atoms with Crippen LogP contribution >= 0.6 is 27.5 Å². The van der Waals surface area contributed by atoms with E-state index in [1.807, 2.05) is 11.9 Å². The van der Waals surface area contributed by atoms with Gasteiger partial charge in [-0.15, -0.1) is 0 Å². The Labute approximate surface area is 222 Å². The molecule has 3 rings (SSSR count). The molecule has 0 bridgehead atoms. The third-order valence-electron chi connectivity index (χ3n) is 6.24. The van der Waals surface area contributed by atoms with Gasteiger partial charge in [-0.05, 0) is 67.9 Å². The summed E-state index contributed by atoms with van der Waals surface area (Å²) in [7, 11) is -1.76. The minimum Gasteiger partial charge on any atom is -0.348 e. The van der Waals surface area contributed by atoms with Gasteiger partial charge in [0.2, 0.25) is 0 Å². The highest BCUT2D eigenvalue weighted by Crippen LogP contribution is 2.37. The van der Waals surface area contributed by atoms with Crippen molar-refractivity contribution < 1.29 is 26.4 Å². The second kappa shape index (κ2) is 11.8. The highest BCUT2D eigenvalue weighted by Gasteiger charge is 2.36. The van der Waals surface area contributed by atoms with E-state index in [9.17, 15) is 26.4 Å². The van der Waals surface area contributed by atoms with E-state index >= 15 is 0 Å². The first-order chi connectivity index (χ1) is 16.9. The Morgan fingerprint density at radius 1 is 1.25 bits per heavy atom. The largest absolute Gasteiger partial charge is 0.416 e. The topological polar surface area (TPSA) is 78.5 Å². The molecule has 1 unspecified atom stereocenters. The fraction of sp³-hybridized carbons (Fsp3) is 0.458. The molecule has 2 aromatic carbocycles. The summed E-state index contributed by atoms with van der Waals surface area (Å²) in [6, 6.07) is 6.63. The first-order valence-corrected chi connectivity index (χ1v) is 14.3. The van der Waals surface area contributed by atoms with E-state index in [0.29, 0.717) is 13.1 Å². The van der Waals surface area contributed by atoms with Gasteiger partial charge in [-0.25, -0.2) is 8.42 Å². The summed E-state index contributed by atoms with van der Waals surface area (Å²) >= 11 is 9.25. The van der Waals surface area contributed by atoms with Crippen molar-refractivity contribution in [1.29, 1.82) is 0 Å². The maximum absolute atomic E-state index is 14.0. The number of hydrogen-bond donors (Lipinski definition) is 2. The smallest absolute Gasteiger partial charge is 0.348 e. The lowest BCUT2D eigenvalue weighted by atomic mass is 10.00. The lowest BCUT2D eigenvalue weighted by Crippen LogP contribution is -2.44. The van der Waals surface area contributed by atoms with Gasteiger partial charge in [0.05, 0.1) is 16.2 Å². The van der Waals surface area contributed by atoms with Crippen LogP contribution in [0, 0.1) is 0 Å². The molecular formula is C24H28BrClF3N3O3S. The van der Waals surface area contributed by atoms with Crippen LogP contribution in [0.25, 0.3) is 0 Å². The predicted molar refractivity (Wildman–Crippen MR) is 137 cm³/mol. The summed E-state index contributed by atoms with van der Waals surface area (Å²) < 4.78 is 67.0. The van der Waals surface area contributed by atoms with Crippen molar-refractivity contribution in [3.63, 3.8) is 0 Å². The molecule has 0 saturated carbocycles. The van der Waals surface area contributed by atoms with Gasteiger partial charge >= 0.3 is 6.18 Å². The van der Waals surface area contributed by atoms with E-state index in [1.54, 1.807) is 0 Å². The van der Waals surface area contributed by atoms with Crippen molar-refractivity contribution in [1.82, 2.24) is 15.5 Å². The molecule has 0 radical (unpaired) electrons. The zero-order chi connectivity index (χ0) is 26.7. The highest BCUT2D eigenvalue weighted by molar-refractivity contribution is 9.10. The van der Waals surface area contributed by atoms with Gasteiger partial charge in [0.15, 0.2) is 9.84 Å². The number of hydrogen-bond acceptors (Lipinski definition) is 5. The standard InChI is InChI=1S/C24H28BrClF3N3O3S/c1-3-36(34,35)22-7-6-17(26)9-16(22)12-31-23(33)15-10-20(24(27,28)29)19(21(25)11-15)14-32-8-4-5-18(13-32)30-2/h6-7,9-11,18,30H,3-5,8,12-14H2,1-2H3,(H,31,33). The molecule has 0 aliphatic carbocycles. The monoisotopic (exact) mass is 609 g/mol. The average Bonchev–Trinajstić information content (AvgIpc) is 2.82. The summed E-state index contributed by atoms with van der Waals surface area (Å²) in [6.07, 6.45) is -2.82. The number of nitrogens with one attached hydrogen (secondary N) is 2. The maximum atomic E-state index is 14.0. The molecule has 1 heterocycles. The number of likely N-dealkylation sites (N-methyl/N-ethyl adjacent to an activating group) is 1. The van der Waals surface area contributed by atoms with E-state index < -0.39 is 27.5 Å². The fourth-order valence-corrected chi connectivity index (χ4v) is 6.16. The van der Waals surface area contributed by atoms with Crippen LogP contribution in [0.5, 0.6) is 0 Å². The predicted octanol–water partition coefficient (Wildman–Crippen LogP) is 5.03. The molecule has 1 atom stereocenters. The van der Waals surface area contributed by atoms with E-state index in [4.69, 9.17) is 11.6 Å². The van der Waals surface area contributed by atoms with E-state index in [-0.39, 0.29) is 56.0 Å². The molecule has 1 aliphatic rings. The Morgan fingerprint density at radius 2 is 1.97 bits per heavy atom. The normalized spacial score (nSPS) is 17.2. The summed E-state index contributed by atoms with van der Waals surface area (Å²) in [5.74, 6) is -0.911. The minimum atomic E-state index is -4.67. The molecule has 198 valence electrons. The first kappa shape index (κ1) is 28.9. The SMILES string of the molecule is CCS(=O)(=O)c1ccc(Cl)cc1CNC(=O)c1cc(Br)c(CN2CCCC(NC)C2)c(C(F)(F)F)c1. The molecule has 2 N–H and O–H groups in total. The zero-order valence-corrected chi connectivity index (χ0v) is 23.0.